The van der Waals surface area contributed by atoms with E-state index in [1.54, 1.807) is 34.9 Å². The molecular weight excluding hydrogens is 372 g/mol. The lowest BCUT2D eigenvalue weighted by Crippen LogP contribution is -2.47. The van der Waals surface area contributed by atoms with Crippen LogP contribution in [0, 0.1) is 0 Å². The van der Waals surface area contributed by atoms with Crippen molar-refractivity contribution in [2.75, 3.05) is 31.9 Å². The fourth-order valence-corrected chi connectivity index (χ4v) is 4.76. The van der Waals surface area contributed by atoms with Crippen LogP contribution in [0.3, 0.4) is 0 Å². The second kappa shape index (κ2) is 7.67. The van der Waals surface area contributed by atoms with Gasteiger partial charge in [0.2, 0.25) is 5.91 Å². The average molecular weight is 394 g/mol. The fourth-order valence-electron chi connectivity index (χ4n) is 3.34. The maximum Gasteiger partial charge on any atom is 0.330 e. The number of hydrogen-bond acceptors (Lipinski definition) is 7. The van der Waals surface area contributed by atoms with Crippen LogP contribution in [-0.4, -0.2) is 60.2 Å². The van der Waals surface area contributed by atoms with Crippen molar-refractivity contribution in [1.82, 2.24) is 4.90 Å². The van der Waals surface area contributed by atoms with E-state index >= 15 is 0 Å². The summed E-state index contributed by atoms with van der Waals surface area (Å²) in [5, 5.41) is 2.64. The highest BCUT2D eigenvalue weighted by Gasteiger charge is 2.53. The first-order chi connectivity index (χ1) is 12.9. The van der Waals surface area contributed by atoms with Gasteiger partial charge in [-0.2, -0.15) is 0 Å². The Morgan fingerprint density at radius 1 is 1.30 bits per heavy atom. The van der Waals surface area contributed by atoms with E-state index in [0.717, 1.165) is 6.42 Å². The summed E-state index contributed by atoms with van der Waals surface area (Å²) in [5.74, 6) is 0.430. The largest absolute Gasteiger partial charge is 0.493 e. The second-order valence-corrected chi connectivity index (χ2v) is 7.99. The number of methoxy groups -OCH3 is 2. The summed E-state index contributed by atoms with van der Waals surface area (Å²) < 4.78 is 15.5. The first-order valence-corrected chi connectivity index (χ1v) is 9.51. The zero-order valence-electron chi connectivity index (χ0n) is 15.4. The summed E-state index contributed by atoms with van der Waals surface area (Å²) in [6, 6.07) is 4.29. The van der Waals surface area contributed by atoms with Crippen molar-refractivity contribution in [3.8, 4) is 11.5 Å². The molecule has 0 radical (unpaired) electrons. The molecule has 2 fully saturated rings. The number of nitrogens with one attached hydrogen (secondary N) is 1. The minimum atomic E-state index is -0.635. The molecule has 9 heteroatoms. The van der Waals surface area contributed by atoms with E-state index in [4.69, 9.17) is 14.2 Å². The topological polar surface area (TPSA) is 94.2 Å². The highest BCUT2D eigenvalue weighted by atomic mass is 32.2. The second-order valence-electron chi connectivity index (χ2n) is 6.49. The third kappa shape index (κ3) is 3.83. The molecule has 2 aliphatic heterocycles. The van der Waals surface area contributed by atoms with Crippen LogP contribution in [0.2, 0.25) is 0 Å². The molecule has 1 aromatic rings. The maximum atomic E-state index is 12.4. The van der Waals surface area contributed by atoms with Crippen LogP contribution < -0.4 is 14.8 Å². The van der Waals surface area contributed by atoms with Crippen LogP contribution in [-0.2, 0) is 19.1 Å². The number of esters is 1. The average Bonchev–Trinajstić information content (AvgIpc) is 3.15. The smallest absolute Gasteiger partial charge is 0.330 e. The Labute approximate surface area is 161 Å². The monoisotopic (exact) mass is 394 g/mol. The van der Waals surface area contributed by atoms with Gasteiger partial charge in [-0.1, -0.05) is 0 Å². The highest BCUT2D eigenvalue weighted by Crippen LogP contribution is 2.47. The van der Waals surface area contributed by atoms with Crippen LogP contribution in [0.1, 0.15) is 19.8 Å². The van der Waals surface area contributed by atoms with Crippen molar-refractivity contribution in [3.63, 3.8) is 0 Å². The van der Waals surface area contributed by atoms with E-state index in [-0.39, 0.29) is 10.8 Å². The zero-order chi connectivity index (χ0) is 19.6. The predicted molar refractivity (Wildman–Crippen MR) is 99.9 cm³/mol. The van der Waals surface area contributed by atoms with Crippen molar-refractivity contribution in [3.05, 3.63) is 18.2 Å². The van der Waals surface area contributed by atoms with E-state index in [1.165, 1.54) is 14.2 Å². The number of fused-ring (bicyclic) bond motifs is 1. The highest BCUT2D eigenvalue weighted by molar-refractivity contribution is 8.01. The van der Waals surface area contributed by atoms with Gasteiger partial charge in [0.25, 0.3) is 5.91 Å². The molecule has 2 amide bonds. The number of thioether (sulfide) groups is 1. The number of benzene rings is 1. The maximum absolute atomic E-state index is 12.4. The van der Waals surface area contributed by atoms with Gasteiger partial charge in [0, 0.05) is 23.9 Å². The van der Waals surface area contributed by atoms with Crippen LogP contribution in [0.15, 0.2) is 18.2 Å². The van der Waals surface area contributed by atoms with Crippen LogP contribution in [0.4, 0.5) is 5.69 Å². The summed E-state index contributed by atoms with van der Waals surface area (Å²) in [4.78, 5) is 37.8. The lowest BCUT2D eigenvalue weighted by atomic mass is 10.2. The molecule has 0 bridgehead atoms. The lowest BCUT2D eigenvalue weighted by Gasteiger charge is -2.29. The zero-order valence-corrected chi connectivity index (χ0v) is 16.3. The van der Waals surface area contributed by atoms with Gasteiger partial charge in [-0.3, -0.25) is 9.59 Å². The molecule has 146 valence electrons. The molecule has 0 spiro atoms. The molecular formula is C18H22N2O6S. The van der Waals surface area contributed by atoms with Gasteiger partial charge in [-0.25, -0.2) is 4.79 Å². The predicted octanol–water partition coefficient (Wildman–Crippen LogP) is 1.64. The van der Waals surface area contributed by atoms with Gasteiger partial charge in [0.1, 0.15) is 6.04 Å². The molecule has 2 heterocycles. The Morgan fingerprint density at radius 3 is 2.74 bits per heavy atom. The Hall–Kier alpha value is -2.42. The molecule has 2 aliphatic rings. The standard InChI is InChI=1S/C18H22N2O6S/c1-18-7-6-16(22)20(18)12(10-27-18)17(23)26-9-15(21)19-11-4-5-13(24-2)14(8-11)25-3/h4-5,8,12H,6-7,9-10H2,1-3H3,(H,19,21)/t12-,18-/m0/s1. The summed E-state index contributed by atoms with van der Waals surface area (Å²) in [6.45, 7) is 1.53. The molecule has 2 atom stereocenters. The number of rotatable bonds is 6. The molecule has 1 aromatic carbocycles. The van der Waals surface area contributed by atoms with Crippen LogP contribution in [0.25, 0.3) is 0 Å². The Balaban J connectivity index is 1.55. The van der Waals surface area contributed by atoms with E-state index in [2.05, 4.69) is 5.32 Å². The molecule has 27 heavy (non-hydrogen) atoms. The van der Waals surface area contributed by atoms with Gasteiger partial charge in [0.05, 0.1) is 19.1 Å². The first-order valence-electron chi connectivity index (χ1n) is 8.52. The third-order valence-corrected chi connectivity index (χ3v) is 6.23. The van der Waals surface area contributed by atoms with Crippen molar-refractivity contribution >= 4 is 35.2 Å². The first kappa shape index (κ1) is 19.3. The molecule has 8 nitrogen and oxygen atoms in total. The Bertz CT molecular complexity index is 770. The summed E-state index contributed by atoms with van der Waals surface area (Å²) in [5.41, 5.74) is 0.493. The van der Waals surface area contributed by atoms with Crippen molar-refractivity contribution in [2.45, 2.75) is 30.7 Å². The van der Waals surface area contributed by atoms with E-state index in [1.807, 2.05) is 6.92 Å². The van der Waals surface area contributed by atoms with Gasteiger partial charge < -0.3 is 24.4 Å². The number of nitrogens with zero attached hydrogens (tertiary/aromatic N) is 1. The van der Waals surface area contributed by atoms with E-state index < -0.39 is 24.5 Å². The molecule has 0 saturated carbocycles. The van der Waals surface area contributed by atoms with E-state index in [9.17, 15) is 14.4 Å². The minimum absolute atomic E-state index is 0.0424. The number of anilines is 1. The molecule has 0 unspecified atom stereocenters. The summed E-state index contributed by atoms with van der Waals surface area (Å²) in [7, 11) is 3.02. The molecule has 2 saturated heterocycles. The molecule has 1 N–H and O–H groups in total. The molecule has 0 aromatic heterocycles. The van der Waals surface area contributed by atoms with Gasteiger partial charge >= 0.3 is 5.97 Å². The normalized spacial score (nSPS) is 23.7. The van der Waals surface area contributed by atoms with Crippen molar-refractivity contribution < 1.29 is 28.6 Å². The Morgan fingerprint density at radius 2 is 2.04 bits per heavy atom. The van der Waals surface area contributed by atoms with Crippen LogP contribution in [0.5, 0.6) is 11.5 Å². The number of carbonyl (C=O) groups is 3. The van der Waals surface area contributed by atoms with Gasteiger partial charge in [-0.05, 0) is 25.5 Å². The summed E-state index contributed by atoms with van der Waals surface area (Å²) in [6.07, 6.45) is 1.16. The number of hydrogen-bond donors (Lipinski definition) is 1. The number of carbonyl (C=O) groups excluding carboxylic acids is 3. The SMILES string of the molecule is COc1ccc(NC(=O)COC(=O)[C@@H]2CS[C@@]3(C)CCC(=O)N23)cc1OC. The van der Waals surface area contributed by atoms with E-state index in [0.29, 0.717) is 29.4 Å². The van der Waals surface area contributed by atoms with Gasteiger partial charge in [-0.15, -0.1) is 11.8 Å². The number of amides is 2. The Kier molecular flexibility index (Phi) is 5.50. The molecule has 3 rings (SSSR count). The number of ether oxygens (including phenoxy) is 3. The third-order valence-electron chi connectivity index (χ3n) is 4.73. The molecule has 0 aliphatic carbocycles. The van der Waals surface area contributed by atoms with Crippen molar-refractivity contribution in [2.24, 2.45) is 0 Å². The van der Waals surface area contributed by atoms with Crippen LogP contribution >= 0.6 is 11.8 Å². The summed E-state index contributed by atoms with van der Waals surface area (Å²) >= 11 is 1.58. The fraction of sp³-hybridized carbons (Fsp3) is 0.500. The van der Waals surface area contributed by atoms with Crippen molar-refractivity contribution in [1.29, 1.82) is 0 Å². The lowest BCUT2D eigenvalue weighted by molar-refractivity contribution is -0.155. The van der Waals surface area contributed by atoms with Gasteiger partial charge in [0.15, 0.2) is 18.1 Å². The quantitative estimate of drug-likeness (QED) is 0.733. The minimum Gasteiger partial charge on any atom is -0.493 e.